The molecule has 0 aliphatic heterocycles. The smallest absolute Gasteiger partial charge is 0.320 e. The third-order valence-electron chi connectivity index (χ3n) is 3.82. The molecule has 5 nitrogen and oxygen atoms in total. The SMILES string of the molecule is CCOc1cc(CNC(C)C(=O)O)c(Br)cc1OCc1c(Cl)cccc1Cl. The fourth-order valence-electron chi connectivity index (χ4n) is 2.26. The van der Waals surface area contributed by atoms with Crippen LogP contribution in [0.2, 0.25) is 10.0 Å². The normalized spacial score (nSPS) is 11.9. The van der Waals surface area contributed by atoms with Crippen LogP contribution < -0.4 is 14.8 Å². The molecule has 0 fully saturated rings. The quantitative estimate of drug-likeness (QED) is 0.514. The maximum Gasteiger partial charge on any atom is 0.320 e. The first-order valence-corrected chi connectivity index (χ1v) is 9.85. The molecule has 2 N–H and O–H groups in total. The summed E-state index contributed by atoms with van der Waals surface area (Å²) in [6.07, 6.45) is 0. The van der Waals surface area contributed by atoms with Crippen LogP contribution in [0.15, 0.2) is 34.8 Å². The summed E-state index contributed by atoms with van der Waals surface area (Å²) >= 11 is 15.9. The third-order valence-corrected chi connectivity index (χ3v) is 5.26. The molecule has 2 rings (SSSR count). The van der Waals surface area contributed by atoms with Crippen molar-refractivity contribution in [1.29, 1.82) is 0 Å². The zero-order valence-corrected chi connectivity index (χ0v) is 18.0. The molecule has 0 heterocycles. The standard InChI is InChI=1S/C19H20BrCl2NO4/c1-3-26-17-7-12(9-23-11(2)19(24)25)14(20)8-18(17)27-10-13-15(21)5-4-6-16(13)22/h4-8,11,23H,3,9-10H2,1-2H3,(H,24,25). The fourth-order valence-corrected chi connectivity index (χ4v) is 3.23. The average molecular weight is 477 g/mol. The van der Waals surface area contributed by atoms with Gasteiger partial charge in [0.05, 0.1) is 6.61 Å². The molecule has 1 atom stereocenters. The largest absolute Gasteiger partial charge is 0.490 e. The Labute approximate surface area is 176 Å². The first-order valence-electron chi connectivity index (χ1n) is 8.30. The number of nitrogens with one attached hydrogen (secondary N) is 1. The molecule has 1 unspecified atom stereocenters. The van der Waals surface area contributed by atoms with Crippen LogP contribution in [0.4, 0.5) is 0 Å². The number of rotatable bonds is 9. The highest BCUT2D eigenvalue weighted by Gasteiger charge is 2.15. The molecule has 0 saturated heterocycles. The zero-order chi connectivity index (χ0) is 20.0. The minimum atomic E-state index is -0.910. The minimum absolute atomic E-state index is 0.193. The highest BCUT2D eigenvalue weighted by Crippen LogP contribution is 2.35. The van der Waals surface area contributed by atoms with Crippen molar-refractivity contribution in [3.05, 3.63) is 56.0 Å². The van der Waals surface area contributed by atoms with Gasteiger partial charge in [-0.3, -0.25) is 4.79 Å². The number of hydrogen-bond acceptors (Lipinski definition) is 4. The lowest BCUT2D eigenvalue weighted by Gasteiger charge is -2.17. The number of ether oxygens (including phenoxy) is 2. The fraction of sp³-hybridized carbons (Fsp3) is 0.316. The second-order valence-corrected chi connectivity index (χ2v) is 7.42. The van der Waals surface area contributed by atoms with Gasteiger partial charge >= 0.3 is 5.97 Å². The number of carboxylic acid groups (broad SMARTS) is 1. The van der Waals surface area contributed by atoms with Crippen molar-refractivity contribution in [3.8, 4) is 11.5 Å². The molecule has 2 aromatic carbocycles. The first kappa shape index (κ1) is 21.8. The van der Waals surface area contributed by atoms with Crippen molar-refractivity contribution >= 4 is 45.1 Å². The molecule has 2 aromatic rings. The molecule has 0 aliphatic rings. The summed E-state index contributed by atoms with van der Waals surface area (Å²) < 4.78 is 12.4. The Bertz CT molecular complexity index is 796. The van der Waals surface area contributed by atoms with Crippen molar-refractivity contribution in [3.63, 3.8) is 0 Å². The van der Waals surface area contributed by atoms with E-state index in [2.05, 4.69) is 21.2 Å². The molecular formula is C19H20BrCl2NO4. The van der Waals surface area contributed by atoms with Crippen molar-refractivity contribution in [1.82, 2.24) is 5.32 Å². The van der Waals surface area contributed by atoms with Crippen LogP contribution in [0.3, 0.4) is 0 Å². The lowest BCUT2D eigenvalue weighted by Crippen LogP contribution is -2.33. The Kier molecular flexibility index (Phi) is 8.23. The van der Waals surface area contributed by atoms with Gasteiger partial charge in [-0.2, -0.15) is 0 Å². The van der Waals surface area contributed by atoms with Gasteiger partial charge in [0.15, 0.2) is 11.5 Å². The number of carbonyl (C=O) groups is 1. The van der Waals surface area contributed by atoms with Gasteiger partial charge in [-0.1, -0.05) is 45.2 Å². The van der Waals surface area contributed by atoms with Crippen LogP contribution in [0.1, 0.15) is 25.0 Å². The molecule has 0 amide bonds. The highest BCUT2D eigenvalue weighted by molar-refractivity contribution is 9.10. The maximum absolute atomic E-state index is 11.0. The van der Waals surface area contributed by atoms with Crippen molar-refractivity contribution in [2.45, 2.75) is 33.0 Å². The predicted octanol–water partition coefficient (Wildman–Crippen LogP) is 5.30. The first-order chi connectivity index (χ1) is 12.8. The Balaban J connectivity index is 2.20. The van der Waals surface area contributed by atoms with Crippen LogP contribution in [-0.4, -0.2) is 23.7 Å². The zero-order valence-electron chi connectivity index (χ0n) is 14.9. The van der Waals surface area contributed by atoms with Gasteiger partial charge in [0.2, 0.25) is 0 Å². The molecule has 146 valence electrons. The van der Waals surface area contributed by atoms with E-state index >= 15 is 0 Å². The molecule has 0 bridgehead atoms. The molecule has 0 radical (unpaired) electrons. The molecule has 8 heteroatoms. The lowest BCUT2D eigenvalue weighted by molar-refractivity contribution is -0.139. The monoisotopic (exact) mass is 475 g/mol. The van der Waals surface area contributed by atoms with E-state index in [1.807, 2.05) is 13.0 Å². The number of benzene rings is 2. The number of carboxylic acids is 1. The second-order valence-electron chi connectivity index (χ2n) is 5.75. The van der Waals surface area contributed by atoms with Gasteiger partial charge in [-0.05, 0) is 43.7 Å². The summed E-state index contributed by atoms with van der Waals surface area (Å²) in [6, 6.07) is 8.23. The summed E-state index contributed by atoms with van der Waals surface area (Å²) in [5, 5.41) is 13.0. The Morgan fingerprint density at radius 1 is 1.22 bits per heavy atom. The van der Waals surface area contributed by atoms with E-state index in [1.165, 1.54) is 0 Å². The van der Waals surface area contributed by atoms with E-state index in [1.54, 1.807) is 31.2 Å². The Morgan fingerprint density at radius 3 is 2.44 bits per heavy atom. The van der Waals surface area contributed by atoms with E-state index < -0.39 is 12.0 Å². The van der Waals surface area contributed by atoms with Gasteiger partial charge in [0, 0.05) is 26.6 Å². The van der Waals surface area contributed by atoms with Gasteiger partial charge in [0.1, 0.15) is 12.6 Å². The predicted molar refractivity (Wildman–Crippen MR) is 110 cm³/mol. The highest BCUT2D eigenvalue weighted by atomic mass is 79.9. The molecular weight excluding hydrogens is 457 g/mol. The topological polar surface area (TPSA) is 67.8 Å². The van der Waals surface area contributed by atoms with Crippen LogP contribution in [-0.2, 0) is 17.9 Å². The van der Waals surface area contributed by atoms with Crippen LogP contribution in [0, 0.1) is 0 Å². The molecule has 0 spiro atoms. The van der Waals surface area contributed by atoms with Crippen LogP contribution >= 0.6 is 39.1 Å². The van der Waals surface area contributed by atoms with Crippen molar-refractivity contribution in [2.24, 2.45) is 0 Å². The molecule has 27 heavy (non-hydrogen) atoms. The molecule has 0 aliphatic carbocycles. The van der Waals surface area contributed by atoms with Gasteiger partial charge in [0.25, 0.3) is 0 Å². The average Bonchev–Trinajstić information content (AvgIpc) is 2.61. The molecule has 0 saturated carbocycles. The number of aliphatic carboxylic acids is 1. The van der Waals surface area contributed by atoms with E-state index in [0.29, 0.717) is 40.3 Å². The van der Waals surface area contributed by atoms with E-state index in [4.69, 9.17) is 37.8 Å². The third kappa shape index (κ3) is 6.01. The summed E-state index contributed by atoms with van der Waals surface area (Å²) in [6.45, 7) is 4.48. The molecule has 0 aromatic heterocycles. The Morgan fingerprint density at radius 2 is 1.85 bits per heavy atom. The van der Waals surface area contributed by atoms with Gasteiger partial charge in [-0.25, -0.2) is 0 Å². The van der Waals surface area contributed by atoms with Crippen LogP contribution in [0.25, 0.3) is 0 Å². The van der Waals surface area contributed by atoms with Gasteiger partial charge in [-0.15, -0.1) is 0 Å². The Hall–Kier alpha value is -1.47. The maximum atomic E-state index is 11.0. The minimum Gasteiger partial charge on any atom is -0.490 e. The van der Waals surface area contributed by atoms with Crippen molar-refractivity contribution in [2.75, 3.05) is 6.61 Å². The summed E-state index contributed by atoms with van der Waals surface area (Å²) in [5.41, 5.74) is 1.55. The summed E-state index contributed by atoms with van der Waals surface area (Å²) in [4.78, 5) is 11.0. The van der Waals surface area contributed by atoms with E-state index in [-0.39, 0.29) is 6.61 Å². The van der Waals surface area contributed by atoms with Crippen molar-refractivity contribution < 1.29 is 19.4 Å². The second kappa shape index (κ2) is 10.2. The number of halogens is 3. The lowest BCUT2D eigenvalue weighted by atomic mass is 10.2. The van der Waals surface area contributed by atoms with Gasteiger partial charge < -0.3 is 19.9 Å². The summed E-state index contributed by atoms with van der Waals surface area (Å²) in [5.74, 6) is 0.186. The number of hydrogen-bond donors (Lipinski definition) is 2. The van der Waals surface area contributed by atoms with Crippen LogP contribution in [0.5, 0.6) is 11.5 Å². The summed E-state index contributed by atoms with van der Waals surface area (Å²) in [7, 11) is 0. The van der Waals surface area contributed by atoms with E-state index in [0.717, 1.165) is 10.0 Å². The van der Waals surface area contributed by atoms with E-state index in [9.17, 15) is 4.79 Å².